The van der Waals surface area contributed by atoms with Crippen molar-refractivity contribution in [2.75, 3.05) is 0 Å². The van der Waals surface area contributed by atoms with Crippen molar-refractivity contribution in [3.05, 3.63) is 35.1 Å². The lowest BCUT2D eigenvalue weighted by Crippen LogP contribution is -2.33. The second kappa shape index (κ2) is 5.97. The molecule has 2 nitrogen and oxygen atoms in total. The summed E-state index contributed by atoms with van der Waals surface area (Å²) in [5.41, 5.74) is 4.84. The van der Waals surface area contributed by atoms with Crippen LogP contribution in [0.4, 0.5) is 4.39 Å². The van der Waals surface area contributed by atoms with Crippen molar-refractivity contribution in [1.82, 2.24) is 5.43 Å². The van der Waals surface area contributed by atoms with E-state index in [0.29, 0.717) is 5.92 Å². The predicted octanol–water partition coefficient (Wildman–Crippen LogP) is 3.07. The monoisotopic (exact) mass is 224 g/mol. The van der Waals surface area contributed by atoms with Crippen molar-refractivity contribution in [3.63, 3.8) is 0 Å². The lowest BCUT2D eigenvalue weighted by atomic mass is 9.89. The molecule has 0 aliphatic carbocycles. The summed E-state index contributed by atoms with van der Waals surface area (Å²) in [5.74, 6) is 5.78. The smallest absolute Gasteiger partial charge is 0.123 e. The van der Waals surface area contributed by atoms with Crippen LogP contribution in [-0.2, 0) is 0 Å². The summed E-state index contributed by atoms with van der Waals surface area (Å²) >= 11 is 0. The quantitative estimate of drug-likeness (QED) is 0.596. The Bertz CT molecular complexity index is 339. The average Bonchev–Trinajstić information content (AvgIpc) is 2.24. The third-order valence-corrected chi connectivity index (χ3v) is 3.07. The molecule has 0 aliphatic heterocycles. The first-order valence-corrected chi connectivity index (χ1v) is 5.82. The minimum absolute atomic E-state index is 0.0237. The molecule has 0 amide bonds. The van der Waals surface area contributed by atoms with Crippen LogP contribution in [0.2, 0.25) is 0 Å². The van der Waals surface area contributed by atoms with Gasteiger partial charge < -0.3 is 0 Å². The van der Waals surface area contributed by atoms with E-state index in [1.165, 1.54) is 6.07 Å². The maximum Gasteiger partial charge on any atom is 0.123 e. The van der Waals surface area contributed by atoms with E-state index in [9.17, 15) is 4.39 Å². The molecule has 0 aromatic heterocycles. The minimum atomic E-state index is -0.204. The molecule has 0 saturated heterocycles. The molecule has 1 aromatic rings. The second-order valence-corrected chi connectivity index (χ2v) is 4.41. The van der Waals surface area contributed by atoms with Gasteiger partial charge in [0.15, 0.2) is 0 Å². The number of nitrogens with one attached hydrogen (secondary N) is 1. The van der Waals surface area contributed by atoms with Gasteiger partial charge in [0, 0.05) is 6.04 Å². The Morgan fingerprint density at radius 2 is 2.12 bits per heavy atom. The van der Waals surface area contributed by atoms with Crippen molar-refractivity contribution >= 4 is 0 Å². The van der Waals surface area contributed by atoms with Gasteiger partial charge in [0.2, 0.25) is 0 Å². The summed E-state index contributed by atoms with van der Waals surface area (Å²) in [6.07, 6.45) is 2.18. The molecule has 16 heavy (non-hydrogen) atoms. The molecule has 2 atom stereocenters. The molecule has 0 heterocycles. The number of hydrazine groups is 1. The Morgan fingerprint density at radius 3 is 2.69 bits per heavy atom. The van der Waals surface area contributed by atoms with Crippen LogP contribution in [0.5, 0.6) is 0 Å². The van der Waals surface area contributed by atoms with E-state index in [2.05, 4.69) is 19.3 Å². The predicted molar refractivity (Wildman–Crippen MR) is 65.3 cm³/mol. The summed E-state index contributed by atoms with van der Waals surface area (Å²) in [4.78, 5) is 0. The molecule has 1 rings (SSSR count). The first-order chi connectivity index (χ1) is 7.60. The first kappa shape index (κ1) is 13.1. The van der Waals surface area contributed by atoms with Crippen LogP contribution in [0.15, 0.2) is 18.2 Å². The molecular weight excluding hydrogens is 203 g/mol. The fourth-order valence-corrected chi connectivity index (χ4v) is 2.13. The number of rotatable bonds is 5. The van der Waals surface area contributed by atoms with E-state index in [-0.39, 0.29) is 11.9 Å². The fourth-order valence-electron chi connectivity index (χ4n) is 2.13. The maximum absolute atomic E-state index is 13.2. The van der Waals surface area contributed by atoms with E-state index in [1.807, 2.05) is 6.92 Å². The Hall–Kier alpha value is -0.930. The Labute approximate surface area is 97.0 Å². The van der Waals surface area contributed by atoms with Crippen LogP contribution in [0.3, 0.4) is 0 Å². The highest BCUT2D eigenvalue weighted by Crippen LogP contribution is 2.27. The van der Waals surface area contributed by atoms with Crippen molar-refractivity contribution in [2.45, 2.75) is 39.7 Å². The number of benzene rings is 1. The minimum Gasteiger partial charge on any atom is -0.271 e. The van der Waals surface area contributed by atoms with Crippen LogP contribution in [-0.4, -0.2) is 0 Å². The highest BCUT2D eigenvalue weighted by atomic mass is 19.1. The van der Waals surface area contributed by atoms with Gasteiger partial charge in [-0.2, -0.15) is 0 Å². The topological polar surface area (TPSA) is 38.0 Å². The molecule has 0 bridgehead atoms. The Morgan fingerprint density at radius 1 is 1.44 bits per heavy atom. The van der Waals surface area contributed by atoms with Crippen LogP contribution >= 0.6 is 0 Å². The third kappa shape index (κ3) is 3.03. The average molecular weight is 224 g/mol. The normalized spacial score (nSPS) is 14.8. The molecule has 0 fully saturated rings. The summed E-state index contributed by atoms with van der Waals surface area (Å²) in [6, 6.07) is 4.88. The number of nitrogens with two attached hydrogens (primary N) is 1. The maximum atomic E-state index is 13.2. The van der Waals surface area contributed by atoms with Crippen molar-refractivity contribution < 1.29 is 4.39 Å². The highest BCUT2D eigenvalue weighted by molar-refractivity contribution is 5.29. The summed E-state index contributed by atoms with van der Waals surface area (Å²) in [5, 5.41) is 0. The molecule has 0 spiro atoms. The van der Waals surface area contributed by atoms with E-state index >= 15 is 0 Å². The van der Waals surface area contributed by atoms with Crippen LogP contribution in [0.25, 0.3) is 0 Å². The van der Waals surface area contributed by atoms with E-state index in [4.69, 9.17) is 5.84 Å². The standard InChI is InChI=1S/C13H21FN2/c1-4-5-10(3)13(16-15)12-8-11(14)7-6-9(12)2/h6-8,10,13,16H,4-5,15H2,1-3H3. The Kier molecular flexibility index (Phi) is 4.90. The largest absolute Gasteiger partial charge is 0.271 e. The van der Waals surface area contributed by atoms with Gasteiger partial charge in [0.05, 0.1) is 0 Å². The zero-order valence-corrected chi connectivity index (χ0v) is 10.3. The zero-order valence-electron chi connectivity index (χ0n) is 10.3. The first-order valence-electron chi connectivity index (χ1n) is 5.82. The molecule has 0 aliphatic rings. The second-order valence-electron chi connectivity index (χ2n) is 4.41. The zero-order chi connectivity index (χ0) is 12.1. The number of hydrogen-bond donors (Lipinski definition) is 2. The van der Waals surface area contributed by atoms with Gasteiger partial charge in [-0.25, -0.2) is 4.39 Å². The molecule has 90 valence electrons. The molecule has 3 heteroatoms. The molecule has 0 radical (unpaired) electrons. The van der Waals surface area contributed by atoms with E-state index in [1.54, 1.807) is 12.1 Å². The number of hydrogen-bond acceptors (Lipinski definition) is 2. The van der Waals surface area contributed by atoms with Crippen LogP contribution < -0.4 is 11.3 Å². The van der Waals surface area contributed by atoms with Gasteiger partial charge in [0.25, 0.3) is 0 Å². The number of halogens is 1. The van der Waals surface area contributed by atoms with Crippen molar-refractivity contribution in [3.8, 4) is 0 Å². The van der Waals surface area contributed by atoms with Gasteiger partial charge in [-0.1, -0.05) is 26.3 Å². The van der Waals surface area contributed by atoms with E-state index in [0.717, 1.165) is 24.0 Å². The molecule has 2 unspecified atom stereocenters. The van der Waals surface area contributed by atoms with Gasteiger partial charge in [-0.15, -0.1) is 0 Å². The fraction of sp³-hybridized carbons (Fsp3) is 0.538. The van der Waals surface area contributed by atoms with E-state index < -0.39 is 0 Å². The summed E-state index contributed by atoms with van der Waals surface area (Å²) in [7, 11) is 0. The lowest BCUT2D eigenvalue weighted by molar-refractivity contribution is 0.366. The lowest BCUT2D eigenvalue weighted by Gasteiger charge is -2.25. The number of aryl methyl sites for hydroxylation is 1. The highest BCUT2D eigenvalue weighted by Gasteiger charge is 2.19. The molecular formula is C13H21FN2. The van der Waals surface area contributed by atoms with Gasteiger partial charge >= 0.3 is 0 Å². The molecule has 1 aromatic carbocycles. The van der Waals surface area contributed by atoms with Gasteiger partial charge in [0.1, 0.15) is 5.82 Å². The van der Waals surface area contributed by atoms with Crippen LogP contribution in [0.1, 0.15) is 43.9 Å². The van der Waals surface area contributed by atoms with Gasteiger partial charge in [-0.05, 0) is 42.5 Å². The van der Waals surface area contributed by atoms with Crippen molar-refractivity contribution in [1.29, 1.82) is 0 Å². The Balaban J connectivity index is 2.98. The summed E-state index contributed by atoms with van der Waals surface area (Å²) < 4.78 is 13.2. The SMILES string of the molecule is CCCC(C)C(NN)c1cc(F)ccc1C. The molecule has 3 N–H and O–H groups in total. The van der Waals surface area contributed by atoms with Crippen LogP contribution in [0, 0.1) is 18.7 Å². The molecule has 0 saturated carbocycles. The van der Waals surface area contributed by atoms with Gasteiger partial charge in [-0.3, -0.25) is 11.3 Å². The summed E-state index contributed by atoms with van der Waals surface area (Å²) in [6.45, 7) is 6.26. The third-order valence-electron chi connectivity index (χ3n) is 3.07. The van der Waals surface area contributed by atoms with Crippen molar-refractivity contribution in [2.24, 2.45) is 11.8 Å².